The van der Waals surface area contributed by atoms with Crippen LogP contribution in [0.3, 0.4) is 0 Å². The number of hydrogen-bond donors (Lipinski definition) is 1. The molecule has 1 aromatic rings. The largest absolute Gasteiger partial charge is 0.317 e. The highest BCUT2D eigenvalue weighted by atomic mass is 19.1. The molecular formula is C13H18FN. The molecule has 1 nitrogen and oxygen atoms in total. The molecule has 0 heterocycles. The van der Waals surface area contributed by atoms with Crippen LogP contribution < -0.4 is 5.32 Å². The zero-order chi connectivity index (χ0) is 10.8. The molecule has 1 saturated carbocycles. The van der Waals surface area contributed by atoms with Crippen molar-refractivity contribution in [3.8, 4) is 0 Å². The third kappa shape index (κ3) is 1.91. The molecular weight excluding hydrogens is 189 g/mol. The monoisotopic (exact) mass is 207 g/mol. The van der Waals surface area contributed by atoms with Crippen LogP contribution in [0.1, 0.15) is 31.2 Å². The highest BCUT2D eigenvalue weighted by Gasteiger charge is 2.39. The van der Waals surface area contributed by atoms with E-state index in [-0.39, 0.29) is 5.82 Å². The van der Waals surface area contributed by atoms with Crippen LogP contribution in [0, 0.1) is 11.7 Å². The molecule has 3 unspecified atom stereocenters. The van der Waals surface area contributed by atoms with Gasteiger partial charge in [0.25, 0.3) is 0 Å². The van der Waals surface area contributed by atoms with E-state index in [9.17, 15) is 4.39 Å². The molecule has 0 radical (unpaired) electrons. The van der Waals surface area contributed by atoms with Gasteiger partial charge in [-0.25, -0.2) is 4.39 Å². The van der Waals surface area contributed by atoms with Gasteiger partial charge in [0.15, 0.2) is 0 Å². The maximum absolute atomic E-state index is 12.8. The first-order valence-corrected chi connectivity index (χ1v) is 5.69. The highest BCUT2D eigenvalue weighted by Crippen LogP contribution is 2.44. The smallest absolute Gasteiger partial charge is 0.123 e. The first-order chi connectivity index (χ1) is 7.26. The summed E-state index contributed by atoms with van der Waals surface area (Å²) in [6.45, 7) is 2.23. The van der Waals surface area contributed by atoms with E-state index in [2.05, 4.69) is 12.2 Å². The summed E-state index contributed by atoms with van der Waals surface area (Å²) in [6, 6.07) is 7.62. The van der Waals surface area contributed by atoms with Crippen molar-refractivity contribution in [1.29, 1.82) is 0 Å². The third-order valence-corrected chi connectivity index (χ3v) is 3.68. The van der Waals surface area contributed by atoms with Gasteiger partial charge in [0.05, 0.1) is 0 Å². The Morgan fingerprint density at radius 2 is 2.00 bits per heavy atom. The lowest BCUT2D eigenvalue weighted by atomic mass is 9.65. The van der Waals surface area contributed by atoms with Crippen molar-refractivity contribution < 1.29 is 4.39 Å². The van der Waals surface area contributed by atoms with Gasteiger partial charge in [0.1, 0.15) is 5.82 Å². The quantitative estimate of drug-likeness (QED) is 0.803. The van der Waals surface area contributed by atoms with Crippen LogP contribution in [0.4, 0.5) is 4.39 Å². The van der Waals surface area contributed by atoms with Gasteiger partial charge in [-0.15, -0.1) is 0 Å². The van der Waals surface area contributed by atoms with Gasteiger partial charge in [0.2, 0.25) is 0 Å². The summed E-state index contributed by atoms with van der Waals surface area (Å²) >= 11 is 0. The molecule has 0 aliphatic heterocycles. The van der Waals surface area contributed by atoms with Crippen molar-refractivity contribution in [3.05, 3.63) is 35.6 Å². The molecule has 2 rings (SSSR count). The minimum Gasteiger partial charge on any atom is -0.317 e. The molecule has 3 atom stereocenters. The summed E-state index contributed by atoms with van der Waals surface area (Å²) < 4.78 is 12.8. The zero-order valence-electron chi connectivity index (χ0n) is 9.33. The van der Waals surface area contributed by atoms with Gasteiger partial charge in [0, 0.05) is 6.04 Å². The second-order valence-corrected chi connectivity index (χ2v) is 4.36. The molecule has 0 saturated heterocycles. The van der Waals surface area contributed by atoms with Crippen molar-refractivity contribution in [1.82, 2.24) is 5.32 Å². The van der Waals surface area contributed by atoms with E-state index in [0.29, 0.717) is 17.9 Å². The van der Waals surface area contributed by atoms with Crippen LogP contribution in [-0.4, -0.2) is 13.1 Å². The van der Waals surface area contributed by atoms with E-state index in [4.69, 9.17) is 0 Å². The molecule has 1 aliphatic carbocycles. The fraction of sp³-hybridized carbons (Fsp3) is 0.538. The summed E-state index contributed by atoms with van der Waals surface area (Å²) in [5.74, 6) is 1.18. The lowest BCUT2D eigenvalue weighted by Gasteiger charge is -2.45. The Balaban J connectivity index is 2.09. The summed E-state index contributed by atoms with van der Waals surface area (Å²) in [5.41, 5.74) is 1.29. The fourth-order valence-electron chi connectivity index (χ4n) is 2.70. The fourth-order valence-corrected chi connectivity index (χ4v) is 2.70. The first kappa shape index (κ1) is 10.6. The summed E-state index contributed by atoms with van der Waals surface area (Å²) in [6.07, 6.45) is 2.37. The average molecular weight is 207 g/mol. The molecule has 1 N–H and O–H groups in total. The number of nitrogens with one attached hydrogen (secondary N) is 1. The SMILES string of the molecule is CCC1C(NC)CC1c1ccc(F)cc1. The second-order valence-electron chi connectivity index (χ2n) is 4.36. The molecule has 82 valence electrons. The van der Waals surface area contributed by atoms with Crippen LogP contribution >= 0.6 is 0 Å². The van der Waals surface area contributed by atoms with Crippen LogP contribution in [0.5, 0.6) is 0 Å². The van der Waals surface area contributed by atoms with Crippen molar-refractivity contribution in [2.75, 3.05) is 7.05 Å². The Bertz CT molecular complexity index is 320. The van der Waals surface area contributed by atoms with Crippen molar-refractivity contribution in [2.24, 2.45) is 5.92 Å². The lowest BCUT2D eigenvalue weighted by Crippen LogP contribution is -2.47. The maximum Gasteiger partial charge on any atom is 0.123 e. The molecule has 1 fully saturated rings. The van der Waals surface area contributed by atoms with Crippen LogP contribution in [0.25, 0.3) is 0 Å². The highest BCUT2D eigenvalue weighted by molar-refractivity contribution is 5.25. The number of halogens is 1. The maximum atomic E-state index is 12.8. The number of benzene rings is 1. The molecule has 1 aliphatic rings. The van der Waals surface area contributed by atoms with E-state index in [1.165, 1.54) is 18.4 Å². The minimum absolute atomic E-state index is 0.142. The van der Waals surface area contributed by atoms with Gasteiger partial charge in [-0.3, -0.25) is 0 Å². The first-order valence-electron chi connectivity index (χ1n) is 5.69. The van der Waals surface area contributed by atoms with E-state index in [1.807, 2.05) is 19.2 Å². The summed E-state index contributed by atoms with van der Waals surface area (Å²) in [7, 11) is 2.02. The summed E-state index contributed by atoms with van der Waals surface area (Å²) in [4.78, 5) is 0. The Morgan fingerprint density at radius 3 is 2.53 bits per heavy atom. The molecule has 0 spiro atoms. The number of rotatable bonds is 3. The molecule has 0 bridgehead atoms. The van der Waals surface area contributed by atoms with Crippen molar-refractivity contribution in [3.63, 3.8) is 0 Å². The summed E-state index contributed by atoms with van der Waals surface area (Å²) in [5, 5.41) is 3.34. The third-order valence-electron chi connectivity index (χ3n) is 3.68. The van der Waals surface area contributed by atoms with Crippen LogP contribution in [0.2, 0.25) is 0 Å². The lowest BCUT2D eigenvalue weighted by molar-refractivity contribution is 0.169. The normalized spacial score (nSPS) is 29.9. The molecule has 15 heavy (non-hydrogen) atoms. The van der Waals surface area contributed by atoms with E-state index in [0.717, 1.165) is 0 Å². The van der Waals surface area contributed by atoms with E-state index >= 15 is 0 Å². The standard InChI is InChI=1S/C13H18FN/c1-3-11-12(8-13(11)15-2)9-4-6-10(14)7-5-9/h4-7,11-13,15H,3,8H2,1-2H3. The van der Waals surface area contributed by atoms with Gasteiger partial charge in [-0.1, -0.05) is 25.5 Å². The predicted octanol–water partition coefficient (Wildman–Crippen LogP) is 2.93. The Kier molecular flexibility index (Phi) is 3.06. The zero-order valence-corrected chi connectivity index (χ0v) is 9.33. The van der Waals surface area contributed by atoms with Crippen LogP contribution in [-0.2, 0) is 0 Å². The van der Waals surface area contributed by atoms with E-state index < -0.39 is 0 Å². The minimum atomic E-state index is -0.142. The molecule has 0 aromatic heterocycles. The predicted molar refractivity (Wildman–Crippen MR) is 60.4 cm³/mol. The number of hydrogen-bond acceptors (Lipinski definition) is 1. The molecule has 1 aromatic carbocycles. The van der Waals surface area contributed by atoms with Gasteiger partial charge in [-0.05, 0) is 43.0 Å². The van der Waals surface area contributed by atoms with Crippen molar-refractivity contribution >= 4 is 0 Å². The van der Waals surface area contributed by atoms with Gasteiger partial charge >= 0.3 is 0 Å². The van der Waals surface area contributed by atoms with Crippen LogP contribution in [0.15, 0.2) is 24.3 Å². The van der Waals surface area contributed by atoms with Crippen molar-refractivity contribution in [2.45, 2.75) is 31.7 Å². The second kappa shape index (κ2) is 4.31. The Hall–Kier alpha value is -0.890. The average Bonchev–Trinajstić information content (AvgIpc) is 2.21. The Morgan fingerprint density at radius 1 is 1.33 bits per heavy atom. The molecule has 2 heteroatoms. The van der Waals surface area contributed by atoms with Gasteiger partial charge < -0.3 is 5.32 Å². The molecule has 0 amide bonds. The van der Waals surface area contributed by atoms with Gasteiger partial charge in [-0.2, -0.15) is 0 Å². The topological polar surface area (TPSA) is 12.0 Å². The van der Waals surface area contributed by atoms with E-state index in [1.54, 1.807) is 12.1 Å². The Labute approximate surface area is 90.7 Å².